The zero-order valence-electron chi connectivity index (χ0n) is 17.4. The zero-order chi connectivity index (χ0) is 22.9. The second-order valence-electron chi connectivity index (χ2n) is 7.51. The summed E-state index contributed by atoms with van der Waals surface area (Å²) < 4.78 is 33.7. The Morgan fingerprint density at radius 2 is 1.84 bits per heavy atom. The standard InChI is InChI=1S/C22H21ClF2N2O3S/c1-11-9-22(4,31-10-11)30-19-12(2)8-16(13(3)18(19)23)26-21(29)27-20(28)17-14(24)6-5-7-15(17)25/h5-8,10H,9H2,1-4H3,(H2,26,27,28,29). The first-order chi connectivity index (χ1) is 14.5. The van der Waals surface area contributed by atoms with Crippen LogP contribution in [0.15, 0.2) is 35.2 Å². The van der Waals surface area contributed by atoms with Crippen molar-refractivity contribution in [1.82, 2.24) is 5.32 Å². The smallest absolute Gasteiger partial charge is 0.326 e. The van der Waals surface area contributed by atoms with Gasteiger partial charge in [-0.1, -0.05) is 35.0 Å². The van der Waals surface area contributed by atoms with E-state index in [1.807, 2.05) is 24.6 Å². The summed E-state index contributed by atoms with van der Waals surface area (Å²) in [6.07, 6.45) is 0.754. The van der Waals surface area contributed by atoms with Crippen LogP contribution >= 0.6 is 23.4 Å². The van der Waals surface area contributed by atoms with E-state index in [9.17, 15) is 18.4 Å². The van der Waals surface area contributed by atoms with Crippen LogP contribution in [0.5, 0.6) is 5.75 Å². The number of hydrogen-bond acceptors (Lipinski definition) is 4. The number of imide groups is 1. The Labute approximate surface area is 188 Å². The Hall–Kier alpha value is -2.58. The molecule has 3 amide bonds. The molecule has 0 saturated carbocycles. The molecule has 3 rings (SSSR count). The minimum Gasteiger partial charge on any atom is -0.474 e. The monoisotopic (exact) mass is 466 g/mol. The number of benzene rings is 2. The maximum atomic E-state index is 13.7. The Bertz CT molecular complexity index is 1090. The summed E-state index contributed by atoms with van der Waals surface area (Å²) in [4.78, 5) is 23.9. The van der Waals surface area contributed by atoms with Crippen molar-refractivity contribution >= 4 is 41.0 Å². The third-order valence-corrected chi connectivity index (χ3v) is 6.45. The molecule has 5 nitrogen and oxygen atoms in total. The van der Waals surface area contributed by atoms with Crippen LogP contribution in [0.1, 0.15) is 41.8 Å². The quantitative estimate of drug-likeness (QED) is 0.552. The van der Waals surface area contributed by atoms with Crippen molar-refractivity contribution in [3.63, 3.8) is 0 Å². The highest BCUT2D eigenvalue weighted by Gasteiger charge is 2.33. The van der Waals surface area contributed by atoms with E-state index in [1.54, 1.807) is 31.7 Å². The van der Waals surface area contributed by atoms with E-state index < -0.39 is 34.1 Å². The van der Waals surface area contributed by atoms with Crippen LogP contribution in [-0.4, -0.2) is 16.9 Å². The van der Waals surface area contributed by atoms with E-state index in [1.165, 1.54) is 5.57 Å². The van der Waals surface area contributed by atoms with Crippen molar-refractivity contribution in [2.45, 2.75) is 39.0 Å². The van der Waals surface area contributed by atoms with Crippen LogP contribution in [-0.2, 0) is 0 Å². The van der Waals surface area contributed by atoms with Gasteiger partial charge in [-0.2, -0.15) is 0 Å². The number of hydrogen-bond donors (Lipinski definition) is 2. The number of carbonyl (C=O) groups is 2. The molecule has 1 unspecified atom stereocenters. The number of anilines is 1. The van der Waals surface area contributed by atoms with E-state index in [0.29, 0.717) is 27.6 Å². The summed E-state index contributed by atoms with van der Waals surface area (Å²) >= 11 is 8.09. The number of ether oxygens (including phenoxy) is 1. The highest BCUT2D eigenvalue weighted by Crippen LogP contribution is 2.45. The predicted molar refractivity (Wildman–Crippen MR) is 119 cm³/mol. The number of nitrogens with one attached hydrogen (secondary N) is 2. The summed E-state index contributed by atoms with van der Waals surface area (Å²) in [6.45, 7) is 7.48. The third kappa shape index (κ3) is 5.02. The first-order valence-corrected chi connectivity index (χ1v) is 10.6. The lowest BCUT2D eigenvalue weighted by molar-refractivity contribution is 0.0959. The molecule has 0 aromatic heterocycles. The number of amides is 3. The number of carbonyl (C=O) groups excluding carboxylic acids is 2. The van der Waals surface area contributed by atoms with E-state index in [2.05, 4.69) is 5.32 Å². The molecule has 0 radical (unpaired) electrons. The zero-order valence-corrected chi connectivity index (χ0v) is 18.9. The molecule has 1 aliphatic heterocycles. The van der Waals surface area contributed by atoms with Gasteiger partial charge in [-0.05, 0) is 62.4 Å². The molecular formula is C22H21ClF2N2O3S. The topological polar surface area (TPSA) is 67.4 Å². The van der Waals surface area contributed by atoms with Crippen LogP contribution in [0.3, 0.4) is 0 Å². The van der Waals surface area contributed by atoms with Gasteiger partial charge in [-0.3, -0.25) is 10.1 Å². The van der Waals surface area contributed by atoms with E-state index in [0.717, 1.165) is 24.6 Å². The van der Waals surface area contributed by atoms with Gasteiger partial charge in [0.05, 0.1) is 5.02 Å². The van der Waals surface area contributed by atoms with Gasteiger partial charge in [0, 0.05) is 12.1 Å². The lowest BCUT2D eigenvalue weighted by atomic mass is 10.1. The van der Waals surface area contributed by atoms with Crippen molar-refractivity contribution in [2.75, 3.05) is 5.32 Å². The summed E-state index contributed by atoms with van der Waals surface area (Å²) in [5.41, 5.74) is 1.93. The van der Waals surface area contributed by atoms with Crippen molar-refractivity contribution in [2.24, 2.45) is 0 Å². The van der Waals surface area contributed by atoms with E-state index in [4.69, 9.17) is 16.3 Å². The van der Waals surface area contributed by atoms with E-state index >= 15 is 0 Å². The van der Waals surface area contributed by atoms with Gasteiger partial charge in [0.15, 0.2) is 4.93 Å². The Balaban J connectivity index is 1.76. The van der Waals surface area contributed by atoms with Gasteiger partial charge in [0.2, 0.25) is 0 Å². The van der Waals surface area contributed by atoms with Crippen LogP contribution in [0.2, 0.25) is 5.02 Å². The molecule has 2 N–H and O–H groups in total. The average Bonchev–Trinajstić information content (AvgIpc) is 3.01. The molecule has 1 heterocycles. The fraction of sp³-hybridized carbons (Fsp3) is 0.273. The van der Waals surface area contributed by atoms with Crippen molar-refractivity contribution in [3.05, 3.63) is 68.6 Å². The van der Waals surface area contributed by atoms with Gasteiger partial charge in [-0.15, -0.1) is 0 Å². The fourth-order valence-electron chi connectivity index (χ4n) is 3.23. The maximum absolute atomic E-state index is 13.7. The van der Waals surface area contributed by atoms with E-state index in [-0.39, 0.29) is 0 Å². The summed E-state index contributed by atoms with van der Waals surface area (Å²) in [5, 5.41) is 6.80. The van der Waals surface area contributed by atoms with Gasteiger partial charge in [0.1, 0.15) is 22.9 Å². The maximum Gasteiger partial charge on any atom is 0.326 e. The minimum absolute atomic E-state index is 0.327. The Morgan fingerprint density at radius 3 is 2.42 bits per heavy atom. The molecule has 9 heteroatoms. The lowest BCUT2D eigenvalue weighted by Crippen LogP contribution is -2.35. The molecule has 2 aromatic carbocycles. The van der Waals surface area contributed by atoms with Crippen LogP contribution in [0, 0.1) is 25.5 Å². The molecule has 0 saturated heterocycles. The summed E-state index contributed by atoms with van der Waals surface area (Å²) in [5.74, 6) is -2.81. The number of urea groups is 1. The second-order valence-corrected chi connectivity index (χ2v) is 9.22. The molecule has 0 fully saturated rings. The number of thioether (sulfide) groups is 1. The Morgan fingerprint density at radius 1 is 1.19 bits per heavy atom. The predicted octanol–water partition coefficient (Wildman–Crippen LogP) is 6.33. The SMILES string of the molecule is CC1=CSC(C)(Oc2c(C)cc(NC(=O)NC(=O)c3c(F)cccc3F)c(C)c2Cl)C1. The number of rotatable bonds is 4. The Kier molecular flexibility index (Phi) is 6.62. The molecule has 0 spiro atoms. The van der Waals surface area contributed by atoms with Gasteiger partial charge < -0.3 is 10.1 Å². The van der Waals surface area contributed by atoms with Gasteiger partial charge in [-0.25, -0.2) is 13.6 Å². The highest BCUT2D eigenvalue weighted by molar-refractivity contribution is 8.03. The molecular weight excluding hydrogens is 446 g/mol. The molecule has 2 aromatic rings. The average molecular weight is 467 g/mol. The lowest BCUT2D eigenvalue weighted by Gasteiger charge is -2.28. The first kappa shape index (κ1) is 23.1. The molecule has 0 aliphatic carbocycles. The summed E-state index contributed by atoms with van der Waals surface area (Å²) in [7, 11) is 0. The highest BCUT2D eigenvalue weighted by atomic mass is 35.5. The fourth-order valence-corrected chi connectivity index (χ4v) is 4.50. The van der Waals surface area contributed by atoms with Gasteiger partial charge >= 0.3 is 6.03 Å². The molecule has 31 heavy (non-hydrogen) atoms. The van der Waals surface area contributed by atoms with Gasteiger partial charge in [0.25, 0.3) is 5.91 Å². The normalized spacial score (nSPS) is 17.8. The van der Waals surface area contributed by atoms with Crippen molar-refractivity contribution in [3.8, 4) is 5.75 Å². The summed E-state index contributed by atoms with van der Waals surface area (Å²) in [6, 6.07) is 3.71. The van der Waals surface area contributed by atoms with Crippen LogP contribution in [0.25, 0.3) is 0 Å². The van der Waals surface area contributed by atoms with Crippen molar-refractivity contribution in [1.29, 1.82) is 0 Å². The van der Waals surface area contributed by atoms with Crippen molar-refractivity contribution < 1.29 is 23.1 Å². The minimum atomic E-state index is -1.19. The molecule has 164 valence electrons. The molecule has 1 aliphatic rings. The van der Waals surface area contributed by atoms with Crippen LogP contribution in [0.4, 0.5) is 19.3 Å². The first-order valence-electron chi connectivity index (χ1n) is 9.39. The largest absolute Gasteiger partial charge is 0.474 e. The number of aryl methyl sites for hydroxylation is 1. The second kappa shape index (κ2) is 8.88. The molecule has 0 bridgehead atoms. The van der Waals surface area contributed by atoms with Crippen LogP contribution < -0.4 is 15.4 Å². The molecule has 1 atom stereocenters. The third-order valence-electron chi connectivity index (χ3n) is 4.74. The number of halogens is 3.